The summed E-state index contributed by atoms with van der Waals surface area (Å²) < 4.78 is 6.52. The summed E-state index contributed by atoms with van der Waals surface area (Å²) in [7, 11) is 0. The fourth-order valence-corrected chi connectivity index (χ4v) is 7.34. The molecule has 1 aromatic heterocycles. The third-order valence-corrected chi connectivity index (χ3v) is 9.11. The highest BCUT2D eigenvalue weighted by molar-refractivity contribution is 6.22. The first-order valence-corrected chi connectivity index (χ1v) is 14.8. The van der Waals surface area contributed by atoms with Gasteiger partial charge in [-0.2, -0.15) is 0 Å². The standard InChI is InChI=1S/C41H27NO/c1-3-14-28(15-4-1)41(29-16-5-2-6-17-29)35-21-11-9-19-32(35)33-24-23-30(26-36(33)41)42-37-25-27-13-7-8-18-31(27)39-34-20-10-12-22-38(34)43-40(37)39/h1-26,42H. The molecule has 2 heteroatoms. The number of fused-ring (bicyclic) bond motifs is 8. The van der Waals surface area contributed by atoms with Crippen LogP contribution in [0.1, 0.15) is 22.3 Å². The van der Waals surface area contributed by atoms with Gasteiger partial charge in [-0.1, -0.05) is 133 Å². The predicted octanol–water partition coefficient (Wildman–Crippen LogP) is 10.8. The molecule has 1 heterocycles. The lowest BCUT2D eigenvalue weighted by Crippen LogP contribution is -2.28. The van der Waals surface area contributed by atoms with Crippen LogP contribution in [0.3, 0.4) is 0 Å². The normalized spacial score (nSPS) is 13.3. The second-order valence-corrected chi connectivity index (χ2v) is 11.4. The first-order valence-electron chi connectivity index (χ1n) is 14.8. The van der Waals surface area contributed by atoms with Crippen LogP contribution in [0.5, 0.6) is 0 Å². The second kappa shape index (κ2) is 9.20. The van der Waals surface area contributed by atoms with Crippen molar-refractivity contribution in [1.29, 1.82) is 0 Å². The van der Waals surface area contributed by atoms with Crippen molar-refractivity contribution in [2.75, 3.05) is 5.32 Å². The van der Waals surface area contributed by atoms with Crippen LogP contribution in [0.15, 0.2) is 162 Å². The van der Waals surface area contributed by atoms with Crippen LogP contribution < -0.4 is 5.32 Å². The number of nitrogens with one attached hydrogen (secondary N) is 1. The second-order valence-electron chi connectivity index (χ2n) is 11.4. The van der Waals surface area contributed by atoms with Crippen LogP contribution in [-0.4, -0.2) is 0 Å². The summed E-state index contributed by atoms with van der Waals surface area (Å²) in [6.07, 6.45) is 0. The van der Waals surface area contributed by atoms with Gasteiger partial charge in [0.05, 0.1) is 11.1 Å². The Morgan fingerprint density at radius 3 is 1.91 bits per heavy atom. The fraction of sp³-hybridized carbons (Fsp3) is 0.0244. The van der Waals surface area contributed by atoms with Gasteiger partial charge in [0.2, 0.25) is 0 Å². The van der Waals surface area contributed by atoms with Crippen molar-refractivity contribution in [1.82, 2.24) is 0 Å². The van der Waals surface area contributed by atoms with E-state index in [-0.39, 0.29) is 0 Å². The third-order valence-electron chi connectivity index (χ3n) is 9.11. The molecule has 0 fully saturated rings. The van der Waals surface area contributed by atoms with E-state index >= 15 is 0 Å². The molecule has 43 heavy (non-hydrogen) atoms. The van der Waals surface area contributed by atoms with Gasteiger partial charge in [0.15, 0.2) is 5.58 Å². The van der Waals surface area contributed by atoms with Crippen LogP contribution in [0.25, 0.3) is 43.8 Å². The van der Waals surface area contributed by atoms with Gasteiger partial charge in [-0.3, -0.25) is 0 Å². The van der Waals surface area contributed by atoms with E-state index in [2.05, 4.69) is 157 Å². The van der Waals surface area contributed by atoms with Gasteiger partial charge in [-0.05, 0) is 68.4 Å². The monoisotopic (exact) mass is 549 g/mol. The van der Waals surface area contributed by atoms with Crippen LogP contribution in [0, 0.1) is 0 Å². The molecule has 0 bridgehead atoms. The molecular weight excluding hydrogens is 522 g/mol. The molecule has 0 saturated heterocycles. The molecule has 202 valence electrons. The van der Waals surface area contributed by atoms with Gasteiger partial charge >= 0.3 is 0 Å². The number of hydrogen-bond donors (Lipinski definition) is 1. The Bertz CT molecular complexity index is 2280. The third kappa shape index (κ3) is 3.41. The molecule has 1 N–H and O–H groups in total. The number of para-hydroxylation sites is 1. The topological polar surface area (TPSA) is 25.2 Å². The summed E-state index contributed by atoms with van der Waals surface area (Å²) in [5.41, 5.74) is 11.0. The average Bonchev–Trinajstić information content (AvgIpc) is 3.61. The average molecular weight is 550 g/mol. The van der Waals surface area contributed by atoms with Gasteiger partial charge in [-0.25, -0.2) is 0 Å². The molecule has 0 amide bonds. The van der Waals surface area contributed by atoms with Crippen molar-refractivity contribution < 1.29 is 4.42 Å². The number of rotatable bonds is 4. The van der Waals surface area contributed by atoms with E-state index in [4.69, 9.17) is 4.42 Å². The highest BCUT2D eigenvalue weighted by atomic mass is 16.3. The summed E-state index contributed by atoms with van der Waals surface area (Å²) >= 11 is 0. The molecule has 8 aromatic rings. The van der Waals surface area contributed by atoms with Crippen molar-refractivity contribution in [3.8, 4) is 11.1 Å². The Hall–Kier alpha value is -5.60. The number of hydrogen-bond acceptors (Lipinski definition) is 2. The maximum absolute atomic E-state index is 6.52. The molecule has 0 unspecified atom stereocenters. The molecule has 0 radical (unpaired) electrons. The Morgan fingerprint density at radius 1 is 0.488 bits per heavy atom. The van der Waals surface area contributed by atoms with E-state index in [0.717, 1.165) is 33.3 Å². The molecule has 0 aliphatic heterocycles. The Labute approximate surface area is 249 Å². The van der Waals surface area contributed by atoms with Crippen LogP contribution in [-0.2, 0) is 5.41 Å². The highest BCUT2D eigenvalue weighted by Gasteiger charge is 2.46. The van der Waals surface area contributed by atoms with Crippen molar-refractivity contribution in [2.45, 2.75) is 5.41 Å². The van der Waals surface area contributed by atoms with Gasteiger partial charge in [-0.15, -0.1) is 0 Å². The molecule has 1 aliphatic rings. The van der Waals surface area contributed by atoms with Crippen LogP contribution in [0.2, 0.25) is 0 Å². The lowest BCUT2D eigenvalue weighted by atomic mass is 9.67. The maximum atomic E-state index is 6.52. The van der Waals surface area contributed by atoms with E-state index in [1.165, 1.54) is 44.2 Å². The van der Waals surface area contributed by atoms with E-state index < -0.39 is 5.41 Å². The summed E-state index contributed by atoms with van der Waals surface area (Å²) in [5.74, 6) is 0. The van der Waals surface area contributed by atoms with E-state index in [0.29, 0.717) is 0 Å². The maximum Gasteiger partial charge on any atom is 0.159 e. The van der Waals surface area contributed by atoms with E-state index in [1.807, 2.05) is 6.07 Å². The van der Waals surface area contributed by atoms with Crippen molar-refractivity contribution in [3.63, 3.8) is 0 Å². The number of furan rings is 1. The van der Waals surface area contributed by atoms with Crippen molar-refractivity contribution in [2.24, 2.45) is 0 Å². The predicted molar refractivity (Wildman–Crippen MR) is 178 cm³/mol. The molecule has 0 spiro atoms. The molecule has 9 rings (SSSR count). The summed E-state index contributed by atoms with van der Waals surface area (Å²) in [4.78, 5) is 0. The lowest BCUT2D eigenvalue weighted by Gasteiger charge is -2.34. The zero-order chi connectivity index (χ0) is 28.4. The van der Waals surface area contributed by atoms with Crippen molar-refractivity contribution >= 4 is 44.1 Å². The minimum absolute atomic E-state index is 0.440. The molecular formula is C41H27NO. The van der Waals surface area contributed by atoms with Crippen molar-refractivity contribution in [3.05, 3.63) is 180 Å². The van der Waals surface area contributed by atoms with E-state index in [1.54, 1.807) is 0 Å². The number of benzene rings is 7. The zero-order valence-corrected chi connectivity index (χ0v) is 23.4. The van der Waals surface area contributed by atoms with Gasteiger partial charge < -0.3 is 9.73 Å². The Morgan fingerprint density at radius 2 is 1.12 bits per heavy atom. The van der Waals surface area contributed by atoms with Gasteiger partial charge in [0.1, 0.15) is 5.58 Å². The van der Waals surface area contributed by atoms with Crippen LogP contribution >= 0.6 is 0 Å². The molecule has 2 nitrogen and oxygen atoms in total. The molecule has 0 atom stereocenters. The van der Waals surface area contributed by atoms with Gasteiger partial charge in [0, 0.05) is 16.5 Å². The van der Waals surface area contributed by atoms with E-state index in [9.17, 15) is 0 Å². The molecule has 0 saturated carbocycles. The largest absolute Gasteiger partial charge is 0.454 e. The first kappa shape index (κ1) is 24.0. The fourth-order valence-electron chi connectivity index (χ4n) is 7.34. The Kier molecular flexibility index (Phi) is 5.15. The minimum Gasteiger partial charge on any atom is -0.454 e. The summed E-state index contributed by atoms with van der Waals surface area (Å²) in [6.45, 7) is 0. The smallest absolute Gasteiger partial charge is 0.159 e. The number of anilines is 2. The molecule has 7 aromatic carbocycles. The molecule has 1 aliphatic carbocycles. The SMILES string of the molecule is c1ccc(C2(c3ccccc3)c3ccccc3-c3ccc(Nc4cc5ccccc5c5c4oc4ccccc45)cc32)cc1. The lowest BCUT2D eigenvalue weighted by molar-refractivity contribution is 0.670. The first-order chi connectivity index (χ1) is 21.3. The zero-order valence-electron chi connectivity index (χ0n) is 23.4. The van der Waals surface area contributed by atoms with Crippen LogP contribution in [0.4, 0.5) is 11.4 Å². The highest BCUT2D eigenvalue weighted by Crippen LogP contribution is 2.56. The summed E-state index contributed by atoms with van der Waals surface area (Å²) in [5, 5.41) is 8.46. The summed E-state index contributed by atoms with van der Waals surface area (Å²) in [6, 6.07) is 56.6. The Balaban J connectivity index is 1.30. The van der Waals surface area contributed by atoms with Gasteiger partial charge in [0.25, 0.3) is 0 Å². The minimum atomic E-state index is -0.440. The quantitative estimate of drug-likeness (QED) is 0.236.